The van der Waals surface area contributed by atoms with E-state index in [0.29, 0.717) is 22.8 Å². The van der Waals surface area contributed by atoms with E-state index in [-0.39, 0.29) is 11.7 Å². The van der Waals surface area contributed by atoms with Crippen molar-refractivity contribution in [3.63, 3.8) is 0 Å². The van der Waals surface area contributed by atoms with Gasteiger partial charge in [0.1, 0.15) is 12.1 Å². The first-order valence-electron chi connectivity index (χ1n) is 9.88. The number of imidazole rings is 1. The number of hydrogen-bond donors (Lipinski definition) is 1. The average Bonchev–Trinajstić information content (AvgIpc) is 3.16. The van der Waals surface area contributed by atoms with Crippen molar-refractivity contribution in [1.82, 2.24) is 19.5 Å². The van der Waals surface area contributed by atoms with Gasteiger partial charge in [-0.2, -0.15) is 11.8 Å². The van der Waals surface area contributed by atoms with Crippen molar-refractivity contribution < 1.29 is 18.3 Å². The van der Waals surface area contributed by atoms with Crippen molar-refractivity contribution in [2.75, 3.05) is 16.8 Å². The number of anilines is 1. The van der Waals surface area contributed by atoms with Gasteiger partial charge in [0.05, 0.1) is 23.4 Å². The highest BCUT2D eigenvalue weighted by molar-refractivity contribution is 8.00. The van der Waals surface area contributed by atoms with Crippen LogP contribution in [-0.4, -0.2) is 42.5 Å². The molecule has 33 heavy (non-hydrogen) atoms. The number of rotatable bonds is 6. The molecule has 5 rings (SSSR count). The highest BCUT2D eigenvalue weighted by atomic mass is 35.5. The molecule has 0 atom stereocenters. The summed E-state index contributed by atoms with van der Waals surface area (Å²) in [6.45, 7) is 0. The smallest absolute Gasteiger partial charge is 0.420 e. The molecule has 0 aliphatic carbocycles. The summed E-state index contributed by atoms with van der Waals surface area (Å²) in [5.74, 6) is 1.52. The van der Waals surface area contributed by atoms with Crippen LogP contribution in [0.1, 0.15) is 16.4 Å². The van der Waals surface area contributed by atoms with Crippen LogP contribution in [0.3, 0.4) is 0 Å². The van der Waals surface area contributed by atoms with Gasteiger partial charge in [-0.3, -0.25) is 4.79 Å². The minimum Gasteiger partial charge on any atom is -0.420 e. The molecule has 1 aliphatic heterocycles. The van der Waals surface area contributed by atoms with Gasteiger partial charge in [0.2, 0.25) is 0 Å². The number of amides is 1. The van der Waals surface area contributed by atoms with Gasteiger partial charge in [-0.05, 0) is 36.4 Å². The van der Waals surface area contributed by atoms with E-state index in [1.54, 1.807) is 30.9 Å². The predicted octanol–water partition coefficient (Wildman–Crippen LogP) is 5.20. The van der Waals surface area contributed by atoms with Crippen molar-refractivity contribution in [3.8, 4) is 16.9 Å². The van der Waals surface area contributed by atoms with Gasteiger partial charge in [0.15, 0.2) is 0 Å². The quantitative estimate of drug-likeness (QED) is 0.376. The number of halogens is 3. The maximum atomic E-state index is 13.0. The van der Waals surface area contributed by atoms with Crippen LogP contribution in [0.25, 0.3) is 22.2 Å². The van der Waals surface area contributed by atoms with Gasteiger partial charge in [-0.1, -0.05) is 0 Å². The van der Waals surface area contributed by atoms with E-state index >= 15 is 0 Å². The molecule has 0 saturated carbocycles. The van der Waals surface area contributed by atoms with Crippen LogP contribution in [0.2, 0.25) is 0 Å². The van der Waals surface area contributed by atoms with E-state index in [2.05, 4.69) is 29.6 Å². The summed E-state index contributed by atoms with van der Waals surface area (Å²) in [6, 6.07) is 9.34. The van der Waals surface area contributed by atoms with Gasteiger partial charge >= 0.3 is 5.57 Å². The molecule has 4 aromatic rings. The fraction of sp³-hybridized carbons (Fsp3) is 0.182. The summed E-state index contributed by atoms with van der Waals surface area (Å²) >= 11 is 6.65. The number of nitrogens with one attached hydrogen (secondary N) is 1. The topological polar surface area (TPSA) is 81.9 Å². The van der Waals surface area contributed by atoms with Gasteiger partial charge in [-0.15, -0.1) is 8.78 Å². The molecule has 0 bridgehead atoms. The molecular weight excluding hydrogens is 472 g/mol. The zero-order valence-electron chi connectivity index (χ0n) is 16.9. The number of carbonyl (C=O) groups excluding carboxylic acids is 1. The Hall–Kier alpha value is -3.24. The lowest BCUT2D eigenvalue weighted by Crippen LogP contribution is -2.22. The summed E-state index contributed by atoms with van der Waals surface area (Å²) in [4.78, 5) is 25.8. The third-order valence-corrected chi connectivity index (χ3v) is 6.48. The third kappa shape index (κ3) is 4.62. The number of ether oxygens (including phenoxy) is 1. The van der Waals surface area contributed by atoms with Crippen LogP contribution in [-0.2, 0) is 0 Å². The second kappa shape index (κ2) is 8.60. The standard InChI is InChI=1S/C22H16ClF2N5O2S/c23-22(24,25)32-17-3-1-15(2-4-17)29-21(31)13-5-18(14-7-26-11-27-8-14)20-19(6-13)28-12-30(20)16-9-33-10-16/h1-8,11-12,16H,9-10H2,(H,29,31). The van der Waals surface area contributed by atoms with E-state index in [1.807, 2.05) is 11.8 Å². The molecule has 1 N–H and O–H groups in total. The number of carbonyl (C=O) groups is 1. The Morgan fingerprint density at radius 3 is 2.55 bits per heavy atom. The molecule has 11 heteroatoms. The summed E-state index contributed by atoms with van der Waals surface area (Å²) < 4.78 is 32.0. The minimum absolute atomic E-state index is 0.125. The maximum absolute atomic E-state index is 13.0. The number of benzene rings is 2. The normalized spacial score (nSPS) is 14.2. The molecule has 7 nitrogen and oxygen atoms in total. The zero-order valence-corrected chi connectivity index (χ0v) is 18.5. The second-order valence-corrected chi connectivity index (χ2v) is 8.90. The highest BCUT2D eigenvalue weighted by Crippen LogP contribution is 2.36. The fourth-order valence-corrected chi connectivity index (χ4v) is 4.42. The number of fused-ring (bicyclic) bond motifs is 1. The highest BCUT2D eigenvalue weighted by Gasteiger charge is 2.27. The van der Waals surface area contributed by atoms with Gasteiger partial charge in [-0.25, -0.2) is 15.0 Å². The summed E-state index contributed by atoms with van der Waals surface area (Å²) in [6.07, 6.45) is 6.64. The van der Waals surface area contributed by atoms with Crippen LogP contribution >= 0.6 is 23.4 Å². The number of aromatic nitrogens is 4. The molecule has 0 unspecified atom stereocenters. The minimum atomic E-state index is -3.81. The van der Waals surface area contributed by atoms with E-state index in [9.17, 15) is 13.6 Å². The van der Waals surface area contributed by atoms with E-state index in [4.69, 9.17) is 11.6 Å². The van der Waals surface area contributed by atoms with Gasteiger partial charge in [0.25, 0.3) is 5.91 Å². The Labute approximate surface area is 196 Å². The van der Waals surface area contributed by atoms with Gasteiger partial charge in [0, 0.05) is 57.9 Å². The first-order valence-corrected chi connectivity index (χ1v) is 11.4. The van der Waals surface area contributed by atoms with Crippen molar-refractivity contribution in [2.45, 2.75) is 11.6 Å². The van der Waals surface area contributed by atoms with Crippen LogP contribution in [0.4, 0.5) is 14.5 Å². The van der Waals surface area contributed by atoms with Gasteiger partial charge < -0.3 is 14.6 Å². The molecule has 1 saturated heterocycles. The number of alkyl halides is 3. The first kappa shape index (κ1) is 21.6. The number of nitrogens with zero attached hydrogens (tertiary/aromatic N) is 4. The SMILES string of the molecule is O=C(Nc1ccc(OC(F)(F)Cl)cc1)c1cc(-c2cncnc2)c2c(c1)ncn2C1CSC1. The van der Waals surface area contributed by atoms with E-state index in [0.717, 1.165) is 28.1 Å². The summed E-state index contributed by atoms with van der Waals surface area (Å²) in [5.41, 5.74) is 0.185. The third-order valence-electron chi connectivity index (χ3n) is 5.16. The summed E-state index contributed by atoms with van der Waals surface area (Å²) in [7, 11) is 0. The molecule has 0 spiro atoms. The molecule has 2 aromatic heterocycles. The lowest BCUT2D eigenvalue weighted by atomic mass is 10.0. The van der Waals surface area contributed by atoms with E-state index in [1.165, 1.54) is 30.6 Å². The predicted molar refractivity (Wildman–Crippen MR) is 123 cm³/mol. The summed E-state index contributed by atoms with van der Waals surface area (Å²) in [5, 5.41) is 2.76. The second-order valence-electron chi connectivity index (χ2n) is 7.39. The van der Waals surface area contributed by atoms with Crippen LogP contribution in [0.5, 0.6) is 5.75 Å². The Bertz CT molecular complexity index is 1310. The van der Waals surface area contributed by atoms with Crippen molar-refractivity contribution in [1.29, 1.82) is 0 Å². The van der Waals surface area contributed by atoms with Crippen LogP contribution in [0.15, 0.2) is 61.4 Å². The number of thioether (sulfide) groups is 1. The Morgan fingerprint density at radius 2 is 1.91 bits per heavy atom. The molecule has 168 valence electrons. The Balaban J connectivity index is 1.47. The molecule has 2 aromatic carbocycles. The largest absolute Gasteiger partial charge is 0.487 e. The molecule has 1 amide bonds. The van der Waals surface area contributed by atoms with Crippen molar-refractivity contribution in [3.05, 3.63) is 67.0 Å². The average molecular weight is 488 g/mol. The molecule has 1 aliphatic rings. The maximum Gasteiger partial charge on any atom is 0.487 e. The first-order chi connectivity index (χ1) is 15.9. The molecular formula is C22H16ClF2N5O2S. The molecule has 0 radical (unpaired) electrons. The fourth-order valence-electron chi connectivity index (χ4n) is 3.56. The lowest BCUT2D eigenvalue weighted by molar-refractivity contribution is -0.0964. The lowest BCUT2D eigenvalue weighted by Gasteiger charge is -2.27. The van der Waals surface area contributed by atoms with Crippen molar-refractivity contribution >= 4 is 46.0 Å². The molecule has 1 fully saturated rings. The zero-order chi connectivity index (χ0) is 23.0. The Kier molecular flexibility index (Phi) is 5.63. The van der Waals surface area contributed by atoms with Crippen molar-refractivity contribution in [2.24, 2.45) is 0 Å². The molecule has 3 heterocycles. The van der Waals surface area contributed by atoms with Crippen LogP contribution in [0, 0.1) is 0 Å². The Morgan fingerprint density at radius 1 is 1.18 bits per heavy atom. The van der Waals surface area contributed by atoms with E-state index < -0.39 is 5.57 Å². The monoisotopic (exact) mass is 487 g/mol. The number of hydrogen-bond acceptors (Lipinski definition) is 6. The van der Waals surface area contributed by atoms with Crippen LogP contribution < -0.4 is 10.1 Å².